The maximum absolute atomic E-state index is 12.0. The van der Waals surface area contributed by atoms with Gasteiger partial charge < -0.3 is 11.1 Å². The highest BCUT2D eigenvalue weighted by Gasteiger charge is 2.12. The van der Waals surface area contributed by atoms with Crippen LogP contribution in [-0.4, -0.2) is 35.4 Å². The van der Waals surface area contributed by atoms with Crippen molar-refractivity contribution in [1.82, 2.24) is 15.2 Å². The maximum atomic E-state index is 12.0. The van der Waals surface area contributed by atoms with E-state index in [1.807, 2.05) is 6.07 Å². The molecule has 0 bridgehead atoms. The van der Waals surface area contributed by atoms with Crippen LogP contribution in [-0.2, 0) is 13.1 Å². The number of nitrogens with zero attached hydrogens (tertiary/aromatic N) is 2. The van der Waals surface area contributed by atoms with Gasteiger partial charge in [-0.15, -0.1) is 36.2 Å². The fourth-order valence-corrected chi connectivity index (χ4v) is 2.90. The summed E-state index contributed by atoms with van der Waals surface area (Å²) < 4.78 is 0. The van der Waals surface area contributed by atoms with Crippen molar-refractivity contribution in [3.63, 3.8) is 0 Å². The zero-order valence-electron chi connectivity index (χ0n) is 14.5. The molecule has 0 aliphatic rings. The summed E-state index contributed by atoms with van der Waals surface area (Å²) in [4.78, 5) is 18.5. The van der Waals surface area contributed by atoms with Crippen molar-refractivity contribution in [3.05, 3.63) is 52.0 Å². The van der Waals surface area contributed by atoms with E-state index in [2.05, 4.69) is 53.4 Å². The lowest BCUT2D eigenvalue weighted by Gasteiger charge is -2.24. The average Bonchev–Trinajstić information content (AvgIpc) is 3.04. The Morgan fingerprint density at radius 1 is 1.32 bits per heavy atom. The molecule has 0 aliphatic carbocycles. The lowest BCUT2D eigenvalue weighted by molar-refractivity contribution is 0.0944. The number of nitrogens with one attached hydrogen (secondary N) is 1. The number of nitrogens with two attached hydrogens (primary N) is 1. The minimum Gasteiger partial charge on any atom is -0.351 e. The van der Waals surface area contributed by atoms with E-state index in [0.29, 0.717) is 24.8 Å². The number of aromatic nitrogens is 1. The van der Waals surface area contributed by atoms with Gasteiger partial charge in [-0.1, -0.05) is 30.3 Å². The van der Waals surface area contributed by atoms with Crippen LogP contribution in [0.3, 0.4) is 0 Å². The molecule has 1 aromatic carbocycles. The average molecular weight is 405 g/mol. The Hall–Kier alpha value is -1.18. The van der Waals surface area contributed by atoms with E-state index in [0.717, 1.165) is 18.0 Å². The second-order valence-electron chi connectivity index (χ2n) is 5.62. The molecule has 3 N–H and O–H groups in total. The summed E-state index contributed by atoms with van der Waals surface area (Å²) in [6.45, 7) is 4.08. The summed E-state index contributed by atoms with van der Waals surface area (Å²) in [5.74, 6) is -0.126. The van der Waals surface area contributed by atoms with Gasteiger partial charge in [0.15, 0.2) is 0 Å². The molecule has 1 atom stereocenters. The molecule has 140 valence electrons. The fraction of sp³-hybridized carbons (Fsp3) is 0.412. The molecule has 1 aromatic heterocycles. The third-order valence-corrected chi connectivity index (χ3v) is 4.71. The predicted octanol–water partition coefficient (Wildman–Crippen LogP) is 3.09. The maximum Gasteiger partial charge on any atom is 0.270 e. The fourth-order valence-electron chi connectivity index (χ4n) is 2.24. The third-order valence-electron chi connectivity index (χ3n) is 3.83. The van der Waals surface area contributed by atoms with Crippen molar-refractivity contribution in [2.75, 3.05) is 13.6 Å². The second-order valence-corrected chi connectivity index (χ2v) is 6.57. The molecule has 2 aromatic rings. The highest BCUT2D eigenvalue weighted by molar-refractivity contribution is 7.09. The monoisotopic (exact) mass is 404 g/mol. The van der Waals surface area contributed by atoms with E-state index in [4.69, 9.17) is 5.73 Å². The van der Waals surface area contributed by atoms with E-state index in [-0.39, 0.29) is 30.7 Å². The molecule has 1 heterocycles. The van der Waals surface area contributed by atoms with Crippen LogP contribution in [0.2, 0.25) is 0 Å². The number of rotatable bonds is 8. The van der Waals surface area contributed by atoms with Gasteiger partial charge in [-0.25, -0.2) is 4.98 Å². The molecule has 8 heteroatoms. The summed E-state index contributed by atoms with van der Waals surface area (Å²) in [5.41, 5.74) is 7.26. The lowest BCUT2D eigenvalue weighted by Crippen LogP contribution is -2.33. The SMILES string of the molecule is CC(CCNC(=O)c1csc(CN)n1)N(C)Cc1ccccc1.Cl.Cl. The van der Waals surface area contributed by atoms with Crippen LogP contribution in [0, 0.1) is 0 Å². The number of thiazole rings is 1. The van der Waals surface area contributed by atoms with Crippen molar-refractivity contribution in [1.29, 1.82) is 0 Å². The molecule has 0 radical (unpaired) electrons. The van der Waals surface area contributed by atoms with E-state index < -0.39 is 0 Å². The van der Waals surface area contributed by atoms with Crippen molar-refractivity contribution in [2.24, 2.45) is 5.73 Å². The van der Waals surface area contributed by atoms with Gasteiger partial charge in [-0.3, -0.25) is 9.69 Å². The third kappa shape index (κ3) is 7.71. The van der Waals surface area contributed by atoms with Gasteiger partial charge in [-0.05, 0) is 26.0 Å². The Balaban J connectivity index is 0.00000288. The molecule has 0 saturated carbocycles. The number of benzene rings is 1. The lowest BCUT2D eigenvalue weighted by atomic mass is 10.1. The van der Waals surface area contributed by atoms with Crippen LogP contribution in [0.5, 0.6) is 0 Å². The van der Waals surface area contributed by atoms with Crippen molar-refractivity contribution in [2.45, 2.75) is 32.5 Å². The van der Waals surface area contributed by atoms with Crippen molar-refractivity contribution >= 4 is 42.1 Å². The zero-order chi connectivity index (χ0) is 16.7. The Bertz CT molecular complexity index is 624. The van der Waals surface area contributed by atoms with Crippen LogP contribution in [0.15, 0.2) is 35.7 Å². The first-order valence-electron chi connectivity index (χ1n) is 7.77. The predicted molar refractivity (Wildman–Crippen MR) is 109 cm³/mol. The molecule has 0 spiro atoms. The van der Waals surface area contributed by atoms with Crippen molar-refractivity contribution < 1.29 is 4.79 Å². The van der Waals surface area contributed by atoms with Gasteiger partial charge in [0.1, 0.15) is 10.7 Å². The zero-order valence-corrected chi connectivity index (χ0v) is 16.9. The number of hydrogen-bond acceptors (Lipinski definition) is 5. The normalized spacial score (nSPS) is 11.4. The minimum atomic E-state index is -0.126. The van der Waals surface area contributed by atoms with E-state index in [9.17, 15) is 4.79 Å². The minimum absolute atomic E-state index is 0. The molecule has 1 amide bonds. The smallest absolute Gasteiger partial charge is 0.270 e. The molecule has 0 saturated heterocycles. The van der Waals surface area contributed by atoms with Crippen LogP contribution < -0.4 is 11.1 Å². The van der Waals surface area contributed by atoms with Gasteiger partial charge in [0.05, 0.1) is 0 Å². The Morgan fingerprint density at radius 2 is 2.00 bits per heavy atom. The quantitative estimate of drug-likeness (QED) is 0.708. The number of hydrogen-bond donors (Lipinski definition) is 2. The highest BCUT2D eigenvalue weighted by Crippen LogP contribution is 2.10. The first kappa shape index (κ1) is 23.8. The molecule has 0 fully saturated rings. The van der Waals surface area contributed by atoms with Crippen LogP contribution in [0.1, 0.15) is 34.4 Å². The largest absolute Gasteiger partial charge is 0.351 e. The van der Waals surface area contributed by atoms with Crippen LogP contribution in [0.4, 0.5) is 0 Å². The van der Waals surface area contributed by atoms with Gasteiger partial charge in [0.2, 0.25) is 0 Å². The first-order chi connectivity index (χ1) is 11.1. The summed E-state index contributed by atoms with van der Waals surface area (Å²) in [5, 5.41) is 5.46. The molecular formula is C17H26Cl2N4OS. The number of carbonyl (C=O) groups excluding carboxylic acids is 1. The van der Waals surface area contributed by atoms with E-state index in [1.165, 1.54) is 16.9 Å². The van der Waals surface area contributed by atoms with E-state index >= 15 is 0 Å². The summed E-state index contributed by atoms with van der Waals surface area (Å²) in [6, 6.07) is 10.8. The Morgan fingerprint density at radius 3 is 2.60 bits per heavy atom. The summed E-state index contributed by atoms with van der Waals surface area (Å²) in [6.07, 6.45) is 0.892. The van der Waals surface area contributed by atoms with Crippen LogP contribution >= 0.6 is 36.2 Å². The standard InChI is InChI=1S/C17H24N4OS.2ClH/c1-13(21(2)11-14-6-4-3-5-7-14)8-9-19-17(22)15-12-23-16(10-18)20-15;;/h3-7,12-13H,8-11,18H2,1-2H3,(H,19,22);2*1H. The van der Waals surface area contributed by atoms with Gasteiger partial charge in [0.25, 0.3) is 5.91 Å². The topological polar surface area (TPSA) is 71.2 Å². The van der Waals surface area contributed by atoms with Gasteiger partial charge in [-0.2, -0.15) is 0 Å². The van der Waals surface area contributed by atoms with Crippen LogP contribution in [0.25, 0.3) is 0 Å². The summed E-state index contributed by atoms with van der Waals surface area (Å²) in [7, 11) is 2.10. The molecule has 5 nitrogen and oxygen atoms in total. The number of amides is 1. The first-order valence-corrected chi connectivity index (χ1v) is 8.65. The molecule has 2 rings (SSSR count). The Labute approximate surface area is 165 Å². The summed E-state index contributed by atoms with van der Waals surface area (Å²) >= 11 is 1.42. The van der Waals surface area contributed by atoms with E-state index in [1.54, 1.807) is 5.38 Å². The molecule has 0 aliphatic heterocycles. The molecule has 25 heavy (non-hydrogen) atoms. The Kier molecular flexibility index (Phi) is 11.6. The number of halogens is 2. The van der Waals surface area contributed by atoms with Crippen molar-refractivity contribution in [3.8, 4) is 0 Å². The second kappa shape index (κ2) is 12.2. The number of carbonyl (C=O) groups is 1. The highest BCUT2D eigenvalue weighted by atomic mass is 35.5. The van der Waals surface area contributed by atoms with Gasteiger partial charge >= 0.3 is 0 Å². The molecule has 1 unspecified atom stereocenters. The molecular weight excluding hydrogens is 379 g/mol. The van der Waals surface area contributed by atoms with Gasteiger partial charge in [0, 0.05) is 31.1 Å².